The first-order valence-corrected chi connectivity index (χ1v) is 7.00. The average Bonchev–Trinajstić information content (AvgIpc) is 3.19. The van der Waals surface area contributed by atoms with Gasteiger partial charge >= 0.3 is 0 Å². The van der Waals surface area contributed by atoms with Crippen molar-refractivity contribution in [1.29, 1.82) is 0 Å². The van der Waals surface area contributed by atoms with Gasteiger partial charge in [0.2, 0.25) is 5.82 Å². The second-order valence-electron chi connectivity index (χ2n) is 5.79. The van der Waals surface area contributed by atoms with Crippen molar-refractivity contribution in [3.8, 4) is 0 Å². The van der Waals surface area contributed by atoms with Crippen LogP contribution in [0.2, 0.25) is 0 Å². The van der Waals surface area contributed by atoms with Gasteiger partial charge in [-0.15, -0.1) is 15.3 Å². The van der Waals surface area contributed by atoms with Crippen molar-refractivity contribution >= 4 is 11.5 Å². The third-order valence-corrected chi connectivity index (χ3v) is 4.42. The van der Waals surface area contributed by atoms with E-state index in [0.717, 1.165) is 43.7 Å². The summed E-state index contributed by atoms with van der Waals surface area (Å²) in [5, 5.41) is 11.5. The zero-order chi connectivity index (χ0) is 14.4. The minimum Gasteiger partial charge on any atom is -0.381 e. The van der Waals surface area contributed by atoms with Crippen molar-refractivity contribution in [2.45, 2.75) is 19.3 Å². The van der Waals surface area contributed by atoms with Crippen molar-refractivity contribution in [2.24, 2.45) is 5.41 Å². The SMILES string of the molecule is FC(F)c1nnc2ccc(N3CC[C@@]4(CCOC4)C3)nn12. The molecule has 0 amide bonds. The van der Waals surface area contributed by atoms with E-state index in [2.05, 4.69) is 20.2 Å². The molecule has 0 saturated carbocycles. The van der Waals surface area contributed by atoms with E-state index < -0.39 is 12.2 Å². The lowest BCUT2D eigenvalue weighted by atomic mass is 9.87. The Balaban J connectivity index is 1.66. The lowest BCUT2D eigenvalue weighted by molar-refractivity contribution is 0.137. The fourth-order valence-corrected chi connectivity index (χ4v) is 3.20. The van der Waals surface area contributed by atoms with Crippen LogP contribution < -0.4 is 4.90 Å². The highest BCUT2D eigenvalue weighted by Gasteiger charge is 2.41. The first kappa shape index (κ1) is 12.9. The number of anilines is 1. The topological polar surface area (TPSA) is 55.5 Å². The summed E-state index contributed by atoms with van der Waals surface area (Å²) < 4.78 is 32.4. The van der Waals surface area contributed by atoms with Crippen molar-refractivity contribution < 1.29 is 13.5 Å². The lowest BCUT2D eigenvalue weighted by Crippen LogP contribution is -2.28. The van der Waals surface area contributed by atoms with Gasteiger partial charge in [-0.25, -0.2) is 8.78 Å². The zero-order valence-electron chi connectivity index (χ0n) is 11.4. The third kappa shape index (κ3) is 2.05. The Kier molecular flexibility index (Phi) is 2.81. The molecule has 1 spiro atoms. The molecule has 0 N–H and O–H groups in total. The van der Waals surface area contributed by atoms with Gasteiger partial charge in [0, 0.05) is 25.1 Å². The molecule has 0 aliphatic carbocycles. The maximum Gasteiger partial charge on any atom is 0.299 e. The van der Waals surface area contributed by atoms with Crippen LogP contribution >= 0.6 is 0 Å². The van der Waals surface area contributed by atoms with Gasteiger partial charge < -0.3 is 9.64 Å². The van der Waals surface area contributed by atoms with Crippen molar-refractivity contribution in [3.63, 3.8) is 0 Å². The molecule has 4 heterocycles. The van der Waals surface area contributed by atoms with E-state index in [1.807, 2.05) is 6.07 Å². The number of nitrogens with zero attached hydrogens (tertiary/aromatic N) is 5. The molecular formula is C13H15F2N5O. The van der Waals surface area contributed by atoms with E-state index in [9.17, 15) is 8.78 Å². The summed E-state index contributed by atoms with van der Waals surface area (Å²) in [4.78, 5) is 2.13. The molecule has 2 aliphatic heterocycles. The molecule has 1 atom stereocenters. The van der Waals surface area contributed by atoms with Gasteiger partial charge in [0.15, 0.2) is 5.65 Å². The number of alkyl halides is 2. The molecule has 2 saturated heterocycles. The molecule has 0 unspecified atom stereocenters. The normalized spacial score (nSPS) is 25.8. The monoisotopic (exact) mass is 295 g/mol. The summed E-state index contributed by atoms with van der Waals surface area (Å²) in [6.45, 7) is 3.31. The molecule has 0 bridgehead atoms. The lowest BCUT2D eigenvalue weighted by Gasteiger charge is -2.22. The Morgan fingerprint density at radius 3 is 2.90 bits per heavy atom. The zero-order valence-corrected chi connectivity index (χ0v) is 11.4. The quantitative estimate of drug-likeness (QED) is 0.843. The average molecular weight is 295 g/mol. The van der Waals surface area contributed by atoms with Crippen LogP contribution in [0.25, 0.3) is 5.65 Å². The molecule has 2 aliphatic rings. The van der Waals surface area contributed by atoms with Crippen LogP contribution in [0.5, 0.6) is 0 Å². The van der Waals surface area contributed by atoms with Gasteiger partial charge in [-0.2, -0.15) is 4.52 Å². The maximum atomic E-state index is 12.9. The largest absolute Gasteiger partial charge is 0.381 e. The van der Waals surface area contributed by atoms with Crippen molar-refractivity contribution in [3.05, 3.63) is 18.0 Å². The summed E-state index contributed by atoms with van der Waals surface area (Å²) in [5.74, 6) is 0.276. The molecule has 6 nitrogen and oxygen atoms in total. The van der Waals surface area contributed by atoms with Gasteiger partial charge in [-0.1, -0.05) is 0 Å². The predicted molar refractivity (Wildman–Crippen MR) is 70.4 cm³/mol. The molecule has 2 fully saturated rings. The highest BCUT2D eigenvalue weighted by Crippen LogP contribution is 2.39. The molecule has 4 rings (SSSR count). The van der Waals surface area contributed by atoms with Crippen LogP contribution in [-0.2, 0) is 4.74 Å². The van der Waals surface area contributed by atoms with E-state index >= 15 is 0 Å². The smallest absolute Gasteiger partial charge is 0.299 e. The fourth-order valence-electron chi connectivity index (χ4n) is 3.20. The number of halogens is 2. The number of rotatable bonds is 2. The molecule has 8 heteroatoms. The second kappa shape index (κ2) is 4.59. The van der Waals surface area contributed by atoms with Gasteiger partial charge in [0.1, 0.15) is 5.82 Å². The first-order chi connectivity index (χ1) is 10.2. The first-order valence-electron chi connectivity index (χ1n) is 7.00. The number of hydrogen-bond acceptors (Lipinski definition) is 5. The Morgan fingerprint density at radius 2 is 2.14 bits per heavy atom. The van der Waals surface area contributed by atoms with Crippen LogP contribution in [0.3, 0.4) is 0 Å². The van der Waals surface area contributed by atoms with Gasteiger partial charge in [-0.05, 0) is 25.0 Å². The van der Waals surface area contributed by atoms with E-state index in [-0.39, 0.29) is 5.41 Å². The number of hydrogen-bond donors (Lipinski definition) is 0. The van der Waals surface area contributed by atoms with Crippen molar-refractivity contribution in [1.82, 2.24) is 19.8 Å². The van der Waals surface area contributed by atoms with E-state index in [1.165, 1.54) is 0 Å². The van der Waals surface area contributed by atoms with E-state index in [1.54, 1.807) is 6.07 Å². The molecule has 2 aromatic rings. The Morgan fingerprint density at radius 1 is 1.24 bits per heavy atom. The van der Waals surface area contributed by atoms with Gasteiger partial charge in [0.05, 0.1) is 6.61 Å². The molecule has 112 valence electrons. The van der Waals surface area contributed by atoms with Gasteiger partial charge in [-0.3, -0.25) is 0 Å². The summed E-state index contributed by atoms with van der Waals surface area (Å²) in [6.07, 6.45) is -0.576. The minimum atomic E-state index is -2.68. The Bertz CT molecular complexity index is 668. The number of ether oxygens (including phenoxy) is 1. The number of aromatic nitrogens is 4. The highest BCUT2D eigenvalue weighted by atomic mass is 19.3. The molecular weight excluding hydrogens is 280 g/mol. The van der Waals surface area contributed by atoms with Crippen LogP contribution in [0.1, 0.15) is 25.1 Å². The summed E-state index contributed by atoms with van der Waals surface area (Å²) >= 11 is 0. The highest BCUT2D eigenvalue weighted by molar-refractivity contribution is 5.47. The Labute approximate surface area is 119 Å². The predicted octanol–water partition coefficient (Wildman–Crippen LogP) is 1.68. The maximum absolute atomic E-state index is 12.9. The summed E-state index contributed by atoms with van der Waals surface area (Å²) in [7, 11) is 0. The van der Waals surface area contributed by atoms with E-state index in [4.69, 9.17) is 4.74 Å². The molecule has 0 radical (unpaired) electrons. The van der Waals surface area contributed by atoms with Crippen LogP contribution in [0.4, 0.5) is 14.6 Å². The minimum absolute atomic E-state index is 0.204. The van der Waals surface area contributed by atoms with Gasteiger partial charge in [0.25, 0.3) is 6.43 Å². The second-order valence-corrected chi connectivity index (χ2v) is 5.79. The van der Waals surface area contributed by atoms with E-state index in [0.29, 0.717) is 11.5 Å². The van der Waals surface area contributed by atoms with Crippen molar-refractivity contribution in [2.75, 3.05) is 31.2 Å². The van der Waals surface area contributed by atoms with Crippen LogP contribution in [0.15, 0.2) is 12.1 Å². The van der Waals surface area contributed by atoms with Crippen LogP contribution in [-0.4, -0.2) is 46.1 Å². The van der Waals surface area contributed by atoms with Crippen LogP contribution in [0, 0.1) is 5.41 Å². The standard InChI is InChI=1S/C13H15F2N5O/c14-11(15)12-17-16-9-1-2-10(18-20(9)12)19-5-3-13(7-19)4-6-21-8-13/h1-2,11H,3-8H2/t13-/m1/s1. The summed E-state index contributed by atoms with van der Waals surface area (Å²) in [5.41, 5.74) is 0.544. The fraction of sp³-hybridized carbons (Fsp3) is 0.615. The molecule has 0 aromatic carbocycles. The Hall–Kier alpha value is -1.83. The molecule has 2 aromatic heterocycles. The number of fused-ring (bicyclic) bond motifs is 1. The third-order valence-electron chi connectivity index (χ3n) is 4.42. The summed E-state index contributed by atoms with van der Waals surface area (Å²) in [6, 6.07) is 3.49. The molecule has 21 heavy (non-hydrogen) atoms.